The lowest BCUT2D eigenvalue weighted by atomic mass is 10.2. The third-order valence-electron chi connectivity index (χ3n) is 2.49. The van der Waals surface area contributed by atoms with Crippen molar-refractivity contribution in [3.63, 3.8) is 0 Å². The molecule has 0 saturated carbocycles. The first-order chi connectivity index (χ1) is 7.43. The van der Waals surface area contributed by atoms with Crippen LogP contribution in [0.25, 0.3) is 10.7 Å². The van der Waals surface area contributed by atoms with Crippen molar-refractivity contribution in [3.05, 3.63) is 35.0 Å². The van der Waals surface area contributed by atoms with E-state index >= 15 is 0 Å². The molecule has 0 amide bonds. The average molecular weight is 217 g/mol. The Morgan fingerprint density at radius 3 is 3.13 bits per heavy atom. The fourth-order valence-electron chi connectivity index (χ4n) is 1.72. The van der Waals surface area contributed by atoms with Crippen LogP contribution in [0.4, 0.5) is 0 Å². The number of thiazole rings is 1. The molecule has 3 heterocycles. The van der Waals surface area contributed by atoms with Crippen LogP contribution >= 0.6 is 11.3 Å². The second-order valence-corrected chi connectivity index (χ2v) is 4.61. The summed E-state index contributed by atoms with van der Waals surface area (Å²) in [6.07, 6.45) is 2.85. The molecule has 0 radical (unpaired) electrons. The van der Waals surface area contributed by atoms with Gasteiger partial charge in [0.15, 0.2) is 0 Å². The molecule has 2 aromatic heterocycles. The maximum absolute atomic E-state index is 4.64. The first-order valence-corrected chi connectivity index (χ1v) is 5.86. The smallest absolute Gasteiger partial charge is 0.142 e. The van der Waals surface area contributed by atoms with E-state index in [2.05, 4.69) is 15.3 Å². The van der Waals surface area contributed by atoms with E-state index in [1.807, 2.05) is 24.4 Å². The summed E-state index contributed by atoms with van der Waals surface area (Å²) < 4.78 is 0. The van der Waals surface area contributed by atoms with E-state index in [1.54, 1.807) is 11.3 Å². The highest BCUT2D eigenvalue weighted by Crippen LogP contribution is 2.28. The number of aromatic nitrogens is 2. The zero-order valence-electron chi connectivity index (χ0n) is 8.23. The Bertz CT molecular complexity index is 440. The summed E-state index contributed by atoms with van der Waals surface area (Å²) in [6, 6.07) is 5.94. The van der Waals surface area contributed by atoms with Crippen LogP contribution in [0.5, 0.6) is 0 Å². The molecule has 2 aromatic rings. The second kappa shape index (κ2) is 3.72. The number of pyridine rings is 1. The molecule has 0 saturated heterocycles. The number of hydrogen-bond donors (Lipinski definition) is 1. The minimum Gasteiger partial charge on any atom is -0.311 e. The zero-order valence-corrected chi connectivity index (χ0v) is 9.05. The average Bonchev–Trinajstić information content (AvgIpc) is 2.74. The summed E-state index contributed by atoms with van der Waals surface area (Å²) in [5.41, 5.74) is 2.23. The normalized spacial score (nSPS) is 14.9. The van der Waals surface area contributed by atoms with Gasteiger partial charge in [-0.25, -0.2) is 4.98 Å². The molecule has 0 aliphatic carbocycles. The molecule has 0 fully saturated rings. The van der Waals surface area contributed by atoms with Crippen LogP contribution in [-0.2, 0) is 13.0 Å². The lowest BCUT2D eigenvalue weighted by molar-refractivity contribution is 0.644. The monoisotopic (exact) mass is 217 g/mol. The quantitative estimate of drug-likeness (QED) is 0.792. The number of hydrogen-bond acceptors (Lipinski definition) is 4. The van der Waals surface area contributed by atoms with Crippen LogP contribution < -0.4 is 5.32 Å². The number of fused-ring (bicyclic) bond motifs is 1. The zero-order chi connectivity index (χ0) is 10.1. The Morgan fingerprint density at radius 1 is 1.33 bits per heavy atom. The predicted octanol–water partition coefficient (Wildman–Crippen LogP) is 1.85. The highest BCUT2D eigenvalue weighted by atomic mass is 32.1. The van der Waals surface area contributed by atoms with Crippen LogP contribution in [-0.4, -0.2) is 16.5 Å². The lowest BCUT2D eigenvalue weighted by Gasteiger charge is -2.09. The Kier molecular flexibility index (Phi) is 2.23. The Morgan fingerprint density at radius 2 is 2.33 bits per heavy atom. The van der Waals surface area contributed by atoms with Gasteiger partial charge in [0, 0.05) is 30.6 Å². The summed E-state index contributed by atoms with van der Waals surface area (Å²) in [6.45, 7) is 2.00. The highest BCUT2D eigenvalue weighted by Gasteiger charge is 2.15. The molecule has 3 nitrogen and oxygen atoms in total. The van der Waals surface area contributed by atoms with E-state index in [9.17, 15) is 0 Å². The SMILES string of the molecule is c1ccc(-c2nc3c(s2)CNCC3)nc1. The van der Waals surface area contributed by atoms with E-state index < -0.39 is 0 Å². The second-order valence-electron chi connectivity index (χ2n) is 3.53. The Balaban J connectivity index is 2.03. The first-order valence-electron chi connectivity index (χ1n) is 5.04. The van der Waals surface area contributed by atoms with Crippen molar-refractivity contribution in [2.75, 3.05) is 6.54 Å². The topological polar surface area (TPSA) is 37.8 Å². The molecule has 3 rings (SSSR count). The van der Waals surface area contributed by atoms with Crippen molar-refractivity contribution in [2.45, 2.75) is 13.0 Å². The molecule has 76 valence electrons. The molecule has 0 aromatic carbocycles. The maximum Gasteiger partial charge on any atom is 0.142 e. The van der Waals surface area contributed by atoms with Gasteiger partial charge in [-0.2, -0.15) is 0 Å². The van der Waals surface area contributed by atoms with Crippen LogP contribution in [0.15, 0.2) is 24.4 Å². The Labute approximate surface area is 92.2 Å². The van der Waals surface area contributed by atoms with Gasteiger partial charge in [-0.3, -0.25) is 4.98 Å². The van der Waals surface area contributed by atoms with Gasteiger partial charge < -0.3 is 5.32 Å². The minimum atomic E-state index is 0.958. The first kappa shape index (κ1) is 9.00. The summed E-state index contributed by atoms with van der Waals surface area (Å²) in [4.78, 5) is 10.3. The third-order valence-corrected chi connectivity index (χ3v) is 3.61. The van der Waals surface area contributed by atoms with Gasteiger partial charge in [0.05, 0.1) is 11.4 Å². The van der Waals surface area contributed by atoms with Gasteiger partial charge >= 0.3 is 0 Å². The maximum atomic E-state index is 4.64. The van der Waals surface area contributed by atoms with Crippen LogP contribution in [0.2, 0.25) is 0 Å². The molecule has 0 bridgehead atoms. The van der Waals surface area contributed by atoms with Crippen LogP contribution in [0.1, 0.15) is 10.6 Å². The van der Waals surface area contributed by atoms with E-state index in [1.165, 1.54) is 10.6 Å². The van der Waals surface area contributed by atoms with Crippen molar-refractivity contribution < 1.29 is 0 Å². The molecule has 1 aliphatic rings. The summed E-state index contributed by atoms with van der Waals surface area (Å²) >= 11 is 1.75. The standard InChI is InChI=1S/C11H11N3S/c1-2-5-13-9(3-1)11-14-8-4-6-12-7-10(8)15-11/h1-3,5,12H,4,6-7H2. The van der Waals surface area contributed by atoms with E-state index in [4.69, 9.17) is 0 Å². The number of nitrogens with one attached hydrogen (secondary N) is 1. The Hall–Kier alpha value is -1.26. The van der Waals surface area contributed by atoms with E-state index in [0.29, 0.717) is 0 Å². The van der Waals surface area contributed by atoms with Gasteiger partial charge in [0.25, 0.3) is 0 Å². The highest BCUT2D eigenvalue weighted by molar-refractivity contribution is 7.15. The fraction of sp³-hybridized carbons (Fsp3) is 0.273. The summed E-state index contributed by atoms with van der Waals surface area (Å²) in [7, 11) is 0. The molecule has 1 N–H and O–H groups in total. The number of rotatable bonds is 1. The van der Waals surface area contributed by atoms with Crippen LogP contribution in [0.3, 0.4) is 0 Å². The van der Waals surface area contributed by atoms with Gasteiger partial charge in [-0.1, -0.05) is 6.07 Å². The van der Waals surface area contributed by atoms with E-state index in [-0.39, 0.29) is 0 Å². The lowest BCUT2D eigenvalue weighted by Crippen LogP contribution is -2.22. The van der Waals surface area contributed by atoms with Gasteiger partial charge in [-0.15, -0.1) is 11.3 Å². The number of nitrogens with zero attached hydrogens (tertiary/aromatic N) is 2. The van der Waals surface area contributed by atoms with Crippen molar-refractivity contribution >= 4 is 11.3 Å². The van der Waals surface area contributed by atoms with Crippen LogP contribution in [0, 0.1) is 0 Å². The predicted molar refractivity (Wildman–Crippen MR) is 60.8 cm³/mol. The molecule has 0 spiro atoms. The molecule has 0 unspecified atom stereocenters. The van der Waals surface area contributed by atoms with Crippen molar-refractivity contribution in [3.8, 4) is 10.7 Å². The summed E-state index contributed by atoms with van der Waals surface area (Å²) in [5.74, 6) is 0. The third kappa shape index (κ3) is 1.66. The van der Waals surface area contributed by atoms with E-state index in [0.717, 1.165) is 30.2 Å². The largest absolute Gasteiger partial charge is 0.311 e. The van der Waals surface area contributed by atoms with Crippen molar-refractivity contribution in [2.24, 2.45) is 0 Å². The fourth-order valence-corrected chi connectivity index (χ4v) is 2.78. The molecule has 0 atom stereocenters. The molecule has 1 aliphatic heterocycles. The molecular weight excluding hydrogens is 206 g/mol. The van der Waals surface area contributed by atoms with Crippen molar-refractivity contribution in [1.29, 1.82) is 0 Å². The van der Waals surface area contributed by atoms with Crippen molar-refractivity contribution in [1.82, 2.24) is 15.3 Å². The summed E-state index contributed by atoms with van der Waals surface area (Å²) in [5, 5.41) is 4.40. The van der Waals surface area contributed by atoms with Gasteiger partial charge in [0.2, 0.25) is 0 Å². The minimum absolute atomic E-state index is 0.958. The molecular formula is C11H11N3S. The van der Waals surface area contributed by atoms with Gasteiger partial charge in [0.1, 0.15) is 5.01 Å². The molecule has 4 heteroatoms. The van der Waals surface area contributed by atoms with Gasteiger partial charge in [-0.05, 0) is 12.1 Å². The molecule has 15 heavy (non-hydrogen) atoms.